The molecule has 16 heavy (non-hydrogen) atoms. The summed E-state index contributed by atoms with van der Waals surface area (Å²) in [6.45, 7) is 0. The zero-order chi connectivity index (χ0) is 11.4. The first kappa shape index (κ1) is 10.4. The maximum atomic E-state index is 5.09. The lowest BCUT2D eigenvalue weighted by Crippen LogP contribution is -1.91. The topological polar surface area (TPSA) is 44.2 Å². The van der Waals surface area contributed by atoms with E-state index >= 15 is 0 Å². The number of methoxy groups -OCH3 is 2. The Labute approximate surface area is 93.9 Å². The van der Waals surface area contributed by atoms with Crippen LogP contribution in [0, 0.1) is 0 Å². The lowest BCUT2D eigenvalue weighted by atomic mass is 10.1. The molecule has 0 amide bonds. The van der Waals surface area contributed by atoms with Crippen molar-refractivity contribution in [1.82, 2.24) is 9.97 Å². The van der Waals surface area contributed by atoms with Gasteiger partial charge in [0.2, 0.25) is 5.88 Å². The smallest absolute Gasteiger partial charge is 0.232 e. The molecule has 4 nitrogen and oxygen atoms in total. The monoisotopic (exact) mass is 216 g/mol. The Bertz CT molecular complexity index is 469. The number of aromatic nitrogens is 2. The van der Waals surface area contributed by atoms with Crippen LogP contribution in [0.25, 0.3) is 11.3 Å². The summed E-state index contributed by atoms with van der Waals surface area (Å²) in [6, 6.07) is 7.64. The molecule has 0 atom stereocenters. The lowest BCUT2D eigenvalue weighted by molar-refractivity contribution is 0.396. The van der Waals surface area contributed by atoms with Crippen molar-refractivity contribution in [2.24, 2.45) is 0 Å². The van der Waals surface area contributed by atoms with E-state index in [1.165, 1.54) is 0 Å². The van der Waals surface area contributed by atoms with Gasteiger partial charge in [-0.05, 0) is 24.3 Å². The highest BCUT2D eigenvalue weighted by Crippen LogP contribution is 2.21. The largest absolute Gasteiger partial charge is 0.497 e. The number of rotatable bonds is 3. The molecule has 0 aliphatic carbocycles. The van der Waals surface area contributed by atoms with Crippen LogP contribution in [0.5, 0.6) is 11.6 Å². The zero-order valence-electron chi connectivity index (χ0n) is 9.18. The van der Waals surface area contributed by atoms with Crippen LogP contribution < -0.4 is 9.47 Å². The number of nitrogens with zero attached hydrogens (tertiary/aromatic N) is 2. The van der Waals surface area contributed by atoms with Crippen LogP contribution in [0.2, 0.25) is 0 Å². The molecule has 2 aromatic rings. The molecular weight excluding hydrogens is 204 g/mol. The highest BCUT2D eigenvalue weighted by molar-refractivity contribution is 5.59. The van der Waals surface area contributed by atoms with Gasteiger partial charge >= 0.3 is 0 Å². The Hall–Kier alpha value is -2.10. The van der Waals surface area contributed by atoms with E-state index in [2.05, 4.69) is 9.97 Å². The molecule has 0 aliphatic rings. The van der Waals surface area contributed by atoms with E-state index in [4.69, 9.17) is 9.47 Å². The highest BCUT2D eigenvalue weighted by Gasteiger charge is 2.02. The van der Waals surface area contributed by atoms with Crippen molar-refractivity contribution in [3.05, 3.63) is 36.7 Å². The number of hydrogen-bond acceptors (Lipinski definition) is 4. The molecule has 0 spiro atoms. The molecule has 0 N–H and O–H groups in total. The Balaban J connectivity index is 2.34. The average Bonchev–Trinajstić information content (AvgIpc) is 2.39. The number of ether oxygens (including phenoxy) is 2. The fourth-order valence-corrected chi connectivity index (χ4v) is 1.35. The molecule has 0 radical (unpaired) electrons. The van der Waals surface area contributed by atoms with Crippen molar-refractivity contribution >= 4 is 0 Å². The third-order valence-corrected chi connectivity index (χ3v) is 2.21. The molecule has 1 heterocycles. The minimum atomic E-state index is 0.508. The molecule has 0 bridgehead atoms. The van der Waals surface area contributed by atoms with Crippen molar-refractivity contribution in [2.75, 3.05) is 14.2 Å². The Kier molecular flexibility index (Phi) is 3.00. The average molecular weight is 216 g/mol. The van der Waals surface area contributed by atoms with Gasteiger partial charge < -0.3 is 9.47 Å². The van der Waals surface area contributed by atoms with Gasteiger partial charge in [-0.25, -0.2) is 4.98 Å². The van der Waals surface area contributed by atoms with E-state index in [1.54, 1.807) is 26.6 Å². The highest BCUT2D eigenvalue weighted by atomic mass is 16.5. The summed E-state index contributed by atoms with van der Waals surface area (Å²) in [6.07, 6.45) is 3.28. The Morgan fingerprint density at radius 3 is 2.31 bits per heavy atom. The standard InChI is InChI=1S/C12H12N2O2/c1-15-10-5-3-9(4-6-10)11-7-13-8-12(14-11)16-2/h3-8H,1-2H3. The van der Waals surface area contributed by atoms with Gasteiger partial charge in [-0.2, -0.15) is 0 Å². The molecule has 4 heteroatoms. The van der Waals surface area contributed by atoms with Crippen molar-refractivity contribution in [1.29, 1.82) is 0 Å². The van der Waals surface area contributed by atoms with Crippen LogP contribution in [0.15, 0.2) is 36.7 Å². The van der Waals surface area contributed by atoms with Crippen LogP contribution in [-0.2, 0) is 0 Å². The summed E-state index contributed by atoms with van der Waals surface area (Å²) < 4.78 is 10.1. The van der Waals surface area contributed by atoms with Gasteiger partial charge in [0.15, 0.2) is 0 Å². The summed E-state index contributed by atoms with van der Waals surface area (Å²) >= 11 is 0. The second-order valence-electron chi connectivity index (χ2n) is 3.18. The van der Waals surface area contributed by atoms with Crippen LogP contribution >= 0.6 is 0 Å². The molecule has 82 valence electrons. The van der Waals surface area contributed by atoms with Gasteiger partial charge in [-0.15, -0.1) is 0 Å². The first-order chi connectivity index (χ1) is 7.83. The second kappa shape index (κ2) is 4.61. The van der Waals surface area contributed by atoms with Crippen LogP contribution in [0.3, 0.4) is 0 Å². The van der Waals surface area contributed by atoms with Crippen molar-refractivity contribution in [2.45, 2.75) is 0 Å². The summed E-state index contributed by atoms with van der Waals surface area (Å²) in [5.74, 6) is 1.33. The van der Waals surface area contributed by atoms with Gasteiger partial charge in [-0.1, -0.05) is 0 Å². The van der Waals surface area contributed by atoms with Gasteiger partial charge in [0.25, 0.3) is 0 Å². The second-order valence-corrected chi connectivity index (χ2v) is 3.18. The maximum absolute atomic E-state index is 5.09. The van der Waals surface area contributed by atoms with Crippen molar-refractivity contribution < 1.29 is 9.47 Å². The molecule has 0 fully saturated rings. The Morgan fingerprint density at radius 2 is 1.69 bits per heavy atom. The summed E-state index contributed by atoms with van der Waals surface area (Å²) in [5, 5.41) is 0. The van der Waals surface area contributed by atoms with Gasteiger partial charge in [0, 0.05) is 5.56 Å². The van der Waals surface area contributed by atoms with Gasteiger partial charge in [-0.3, -0.25) is 4.98 Å². The van der Waals surface area contributed by atoms with Gasteiger partial charge in [0.1, 0.15) is 5.75 Å². The van der Waals surface area contributed by atoms with Crippen LogP contribution in [0.1, 0.15) is 0 Å². The lowest BCUT2D eigenvalue weighted by Gasteiger charge is -2.04. The molecule has 1 aromatic carbocycles. The minimum Gasteiger partial charge on any atom is -0.497 e. The summed E-state index contributed by atoms with van der Waals surface area (Å²) in [7, 11) is 3.21. The molecule has 0 aliphatic heterocycles. The molecular formula is C12H12N2O2. The normalized spacial score (nSPS) is 9.88. The van der Waals surface area contributed by atoms with E-state index < -0.39 is 0 Å². The van der Waals surface area contributed by atoms with E-state index in [9.17, 15) is 0 Å². The minimum absolute atomic E-state index is 0.508. The van der Waals surface area contributed by atoms with Crippen LogP contribution in [0.4, 0.5) is 0 Å². The molecule has 0 saturated carbocycles. The predicted molar refractivity (Wildman–Crippen MR) is 60.6 cm³/mol. The molecule has 1 aromatic heterocycles. The quantitative estimate of drug-likeness (QED) is 0.788. The van der Waals surface area contributed by atoms with Gasteiger partial charge in [0.05, 0.1) is 32.3 Å². The van der Waals surface area contributed by atoms with E-state index in [0.717, 1.165) is 17.0 Å². The zero-order valence-corrected chi connectivity index (χ0v) is 9.18. The van der Waals surface area contributed by atoms with Crippen LogP contribution in [-0.4, -0.2) is 24.2 Å². The molecule has 2 rings (SSSR count). The fraction of sp³-hybridized carbons (Fsp3) is 0.167. The number of benzene rings is 1. The Morgan fingerprint density at radius 1 is 0.938 bits per heavy atom. The van der Waals surface area contributed by atoms with E-state index in [-0.39, 0.29) is 0 Å². The SMILES string of the molecule is COc1ccc(-c2cncc(OC)n2)cc1. The van der Waals surface area contributed by atoms with Crippen molar-refractivity contribution in [3.63, 3.8) is 0 Å². The number of hydrogen-bond donors (Lipinski definition) is 0. The molecule has 0 unspecified atom stereocenters. The van der Waals surface area contributed by atoms with Crippen molar-refractivity contribution in [3.8, 4) is 22.9 Å². The van der Waals surface area contributed by atoms with E-state index in [1.807, 2.05) is 24.3 Å². The van der Waals surface area contributed by atoms with E-state index in [0.29, 0.717) is 5.88 Å². The predicted octanol–water partition coefficient (Wildman–Crippen LogP) is 2.16. The third kappa shape index (κ3) is 2.11. The first-order valence-corrected chi connectivity index (χ1v) is 4.84. The maximum Gasteiger partial charge on any atom is 0.232 e. The third-order valence-electron chi connectivity index (χ3n) is 2.21. The fourth-order valence-electron chi connectivity index (χ4n) is 1.35. The molecule has 0 saturated heterocycles. The summed E-state index contributed by atoms with van der Waals surface area (Å²) in [4.78, 5) is 8.35. The first-order valence-electron chi connectivity index (χ1n) is 4.84. The summed E-state index contributed by atoms with van der Waals surface area (Å²) in [5.41, 5.74) is 1.76.